The molecule has 0 saturated carbocycles. The Morgan fingerprint density at radius 3 is 2.84 bits per heavy atom. The minimum absolute atomic E-state index is 0.0738. The van der Waals surface area contributed by atoms with Gasteiger partial charge in [-0.25, -0.2) is 0 Å². The second-order valence-corrected chi connectivity index (χ2v) is 7.19. The highest BCUT2D eigenvalue weighted by atomic mass is 79.9. The lowest BCUT2D eigenvalue weighted by Crippen LogP contribution is -2.21. The molecule has 6 heteroatoms. The van der Waals surface area contributed by atoms with Crippen molar-refractivity contribution in [3.05, 3.63) is 42.7 Å². The number of halogens is 1. The fraction of sp³-hybridized carbons (Fsp3) is 0.154. The molecular weight excluding hydrogens is 344 g/mol. The van der Waals surface area contributed by atoms with Gasteiger partial charge in [-0.2, -0.15) is 0 Å². The highest BCUT2D eigenvalue weighted by Crippen LogP contribution is 2.22. The molecule has 0 fully saturated rings. The second kappa shape index (κ2) is 6.87. The molecule has 2 heterocycles. The highest BCUT2D eigenvalue weighted by Gasteiger charge is 2.08. The Kier molecular flexibility index (Phi) is 5.16. The van der Waals surface area contributed by atoms with E-state index in [2.05, 4.69) is 33.1 Å². The summed E-state index contributed by atoms with van der Waals surface area (Å²) in [6, 6.07) is 7.58. The number of thiophene rings is 2. The summed E-state index contributed by atoms with van der Waals surface area (Å²) in [6.07, 6.45) is 0. The summed E-state index contributed by atoms with van der Waals surface area (Å²) in [7, 11) is 0. The molecule has 0 aliphatic carbocycles. The molecule has 0 bridgehead atoms. The molecule has 3 N–H and O–H groups in total. The molecule has 19 heavy (non-hydrogen) atoms. The SMILES string of the molecule is NCC#Cc1ccc(C(=O)NCc2ccc(Br)s2)s1. The normalized spacial score (nSPS) is 9.79. The maximum atomic E-state index is 11.9. The van der Waals surface area contributed by atoms with Gasteiger partial charge in [0.25, 0.3) is 5.91 Å². The number of nitrogens with two attached hydrogens (primary N) is 1. The number of rotatable bonds is 3. The average molecular weight is 355 g/mol. The van der Waals surface area contributed by atoms with E-state index >= 15 is 0 Å². The van der Waals surface area contributed by atoms with Gasteiger partial charge in [0.05, 0.1) is 26.6 Å². The standard InChI is InChI=1S/C13H11BrN2OS2/c14-12-6-4-10(19-12)8-16-13(17)11-5-3-9(18-11)2-1-7-15/h3-6H,7-8,15H2,(H,16,17). The van der Waals surface area contributed by atoms with Crippen LogP contribution in [0, 0.1) is 11.8 Å². The van der Waals surface area contributed by atoms with Crippen molar-refractivity contribution in [2.75, 3.05) is 6.54 Å². The van der Waals surface area contributed by atoms with Crippen molar-refractivity contribution in [3.63, 3.8) is 0 Å². The van der Waals surface area contributed by atoms with Crippen LogP contribution in [0.3, 0.4) is 0 Å². The third kappa shape index (κ3) is 4.18. The van der Waals surface area contributed by atoms with Crippen LogP contribution >= 0.6 is 38.6 Å². The zero-order valence-corrected chi connectivity index (χ0v) is 13.1. The Balaban J connectivity index is 1.94. The molecular formula is C13H11BrN2OS2. The van der Waals surface area contributed by atoms with Crippen molar-refractivity contribution in [2.45, 2.75) is 6.54 Å². The number of carbonyl (C=O) groups is 1. The molecule has 0 aliphatic rings. The van der Waals surface area contributed by atoms with Gasteiger partial charge in [-0.05, 0) is 40.2 Å². The number of amides is 1. The first-order valence-electron chi connectivity index (χ1n) is 5.50. The van der Waals surface area contributed by atoms with Crippen LogP contribution in [-0.2, 0) is 6.54 Å². The van der Waals surface area contributed by atoms with Crippen molar-refractivity contribution in [3.8, 4) is 11.8 Å². The van der Waals surface area contributed by atoms with Crippen molar-refractivity contribution in [1.29, 1.82) is 0 Å². The predicted octanol–water partition coefficient (Wildman–Crippen LogP) is 2.81. The first kappa shape index (κ1) is 14.3. The minimum Gasteiger partial charge on any atom is -0.346 e. The smallest absolute Gasteiger partial charge is 0.261 e. The number of hydrogen-bond donors (Lipinski definition) is 2. The topological polar surface area (TPSA) is 55.1 Å². The first-order chi connectivity index (χ1) is 9.19. The van der Waals surface area contributed by atoms with Crippen LogP contribution in [-0.4, -0.2) is 12.5 Å². The van der Waals surface area contributed by atoms with Crippen LogP contribution in [0.15, 0.2) is 28.1 Å². The van der Waals surface area contributed by atoms with Crippen LogP contribution in [0.25, 0.3) is 0 Å². The van der Waals surface area contributed by atoms with Gasteiger partial charge in [-0.3, -0.25) is 4.79 Å². The van der Waals surface area contributed by atoms with E-state index in [1.807, 2.05) is 18.2 Å². The second-order valence-electron chi connectivity index (χ2n) is 3.56. The number of carbonyl (C=O) groups excluding carboxylic acids is 1. The molecule has 0 aliphatic heterocycles. The minimum atomic E-state index is -0.0738. The molecule has 0 unspecified atom stereocenters. The van der Waals surface area contributed by atoms with Gasteiger partial charge in [0.15, 0.2) is 0 Å². The van der Waals surface area contributed by atoms with Crippen molar-refractivity contribution >= 4 is 44.5 Å². The monoisotopic (exact) mass is 354 g/mol. The zero-order valence-electron chi connectivity index (χ0n) is 9.90. The Hall–Kier alpha value is -1.13. The molecule has 3 nitrogen and oxygen atoms in total. The summed E-state index contributed by atoms with van der Waals surface area (Å²) in [5.41, 5.74) is 5.31. The summed E-state index contributed by atoms with van der Waals surface area (Å²) >= 11 is 6.38. The van der Waals surface area contributed by atoms with E-state index < -0.39 is 0 Å². The van der Waals surface area contributed by atoms with E-state index in [1.54, 1.807) is 17.4 Å². The zero-order chi connectivity index (χ0) is 13.7. The Bertz CT molecular complexity index is 636. The Labute approximate surface area is 128 Å². The maximum Gasteiger partial charge on any atom is 0.261 e. The van der Waals surface area contributed by atoms with Gasteiger partial charge >= 0.3 is 0 Å². The molecule has 0 atom stereocenters. The van der Waals surface area contributed by atoms with Crippen LogP contribution < -0.4 is 11.1 Å². The molecule has 2 rings (SSSR count). The molecule has 0 spiro atoms. The Morgan fingerprint density at radius 1 is 1.32 bits per heavy atom. The Morgan fingerprint density at radius 2 is 2.16 bits per heavy atom. The molecule has 0 saturated heterocycles. The predicted molar refractivity (Wildman–Crippen MR) is 83.4 cm³/mol. The van der Waals surface area contributed by atoms with Crippen LogP contribution in [0.4, 0.5) is 0 Å². The molecule has 98 valence electrons. The lowest BCUT2D eigenvalue weighted by atomic mass is 10.4. The van der Waals surface area contributed by atoms with Gasteiger partial charge in [0.1, 0.15) is 0 Å². The van der Waals surface area contributed by atoms with E-state index in [0.717, 1.165) is 13.5 Å². The number of hydrogen-bond acceptors (Lipinski definition) is 4. The van der Waals surface area contributed by atoms with Crippen LogP contribution in [0.1, 0.15) is 19.4 Å². The molecule has 2 aromatic heterocycles. The van der Waals surface area contributed by atoms with E-state index in [4.69, 9.17) is 5.73 Å². The van der Waals surface area contributed by atoms with E-state index in [1.165, 1.54) is 11.3 Å². The summed E-state index contributed by atoms with van der Waals surface area (Å²) < 4.78 is 1.06. The third-order valence-corrected chi connectivity index (χ3v) is 4.82. The molecule has 0 radical (unpaired) electrons. The third-order valence-electron chi connectivity index (χ3n) is 2.20. The molecule has 1 amide bonds. The van der Waals surface area contributed by atoms with Crippen molar-refractivity contribution in [1.82, 2.24) is 5.32 Å². The van der Waals surface area contributed by atoms with Crippen LogP contribution in [0.5, 0.6) is 0 Å². The van der Waals surface area contributed by atoms with Gasteiger partial charge in [0.2, 0.25) is 0 Å². The highest BCUT2D eigenvalue weighted by molar-refractivity contribution is 9.11. The fourth-order valence-corrected chi connectivity index (χ4v) is 3.59. The largest absolute Gasteiger partial charge is 0.346 e. The summed E-state index contributed by atoms with van der Waals surface area (Å²) in [5, 5.41) is 2.89. The van der Waals surface area contributed by atoms with Crippen molar-refractivity contribution in [2.24, 2.45) is 5.73 Å². The summed E-state index contributed by atoms with van der Waals surface area (Å²) in [6.45, 7) is 0.865. The van der Waals surface area contributed by atoms with Gasteiger partial charge < -0.3 is 11.1 Å². The fourth-order valence-electron chi connectivity index (χ4n) is 1.37. The maximum absolute atomic E-state index is 11.9. The van der Waals surface area contributed by atoms with Gasteiger partial charge in [0, 0.05) is 4.88 Å². The summed E-state index contributed by atoms with van der Waals surface area (Å²) in [4.78, 5) is 14.6. The van der Waals surface area contributed by atoms with Crippen molar-refractivity contribution < 1.29 is 4.79 Å². The quantitative estimate of drug-likeness (QED) is 0.832. The first-order valence-corrected chi connectivity index (χ1v) is 7.93. The molecule has 2 aromatic rings. The lowest BCUT2D eigenvalue weighted by molar-refractivity contribution is 0.0955. The van der Waals surface area contributed by atoms with E-state index in [-0.39, 0.29) is 5.91 Å². The van der Waals surface area contributed by atoms with E-state index in [9.17, 15) is 4.79 Å². The van der Waals surface area contributed by atoms with Gasteiger partial charge in [-0.15, -0.1) is 22.7 Å². The van der Waals surface area contributed by atoms with Crippen LogP contribution in [0.2, 0.25) is 0 Å². The number of nitrogens with one attached hydrogen (secondary N) is 1. The molecule has 0 aromatic carbocycles. The average Bonchev–Trinajstić information content (AvgIpc) is 3.02. The van der Waals surface area contributed by atoms with Gasteiger partial charge in [-0.1, -0.05) is 11.8 Å². The summed E-state index contributed by atoms with van der Waals surface area (Å²) in [5.74, 6) is 5.61. The lowest BCUT2D eigenvalue weighted by Gasteiger charge is -2.00. The van der Waals surface area contributed by atoms with E-state index in [0.29, 0.717) is 18.0 Å².